The van der Waals surface area contributed by atoms with Crippen molar-refractivity contribution in [3.05, 3.63) is 28.8 Å². The van der Waals surface area contributed by atoms with E-state index in [9.17, 15) is 0 Å². The van der Waals surface area contributed by atoms with Crippen molar-refractivity contribution in [3.63, 3.8) is 0 Å². The summed E-state index contributed by atoms with van der Waals surface area (Å²) in [5.74, 6) is 2.59. The van der Waals surface area contributed by atoms with Gasteiger partial charge in [0.1, 0.15) is 5.75 Å². The molecule has 17 heavy (non-hydrogen) atoms. The molecule has 0 aliphatic rings. The fraction of sp³-hybridized carbons (Fsp3) is 0.364. The molecule has 1 rings (SSSR count). The number of aliphatic imine (C=N–C) groups is 1. The molecule has 0 radical (unpaired) electrons. The molecule has 0 saturated carbocycles. The van der Waals surface area contributed by atoms with Crippen LogP contribution in [0.4, 0.5) is 0 Å². The Bertz CT molecular complexity index is 394. The largest absolute Gasteiger partial charge is 0.495 e. The second kappa shape index (κ2) is 7.29. The highest BCUT2D eigenvalue weighted by molar-refractivity contribution is 7.98. The smallest absolute Gasteiger partial charge is 0.185 e. The van der Waals surface area contributed by atoms with Gasteiger partial charge in [-0.25, -0.2) is 0 Å². The number of thioether (sulfide) groups is 1. The summed E-state index contributed by atoms with van der Waals surface area (Å²) >= 11 is 7.77. The number of methoxy groups -OCH3 is 1. The van der Waals surface area contributed by atoms with Gasteiger partial charge in [0.2, 0.25) is 0 Å². The van der Waals surface area contributed by atoms with Crippen LogP contribution in [0.25, 0.3) is 0 Å². The molecule has 0 bridgehead atoms. The van der Waals surface area contributed by atoms with Crippen molar-refractivity contribution in [2.45, 2.75) is 5.75 Å². The summed E-state index contributed by atoms with van der Waals surface area (Å²) in [5.41, 5.74) is 11.6. The molecule has 0 fully saturated rings. The van der Waals surface area contributed by atoms with Crippen molar-refractivity contribution >= 4 is 29.3 Å². The Morgan fingerprint density at radius 3 is 2.82 bits per heavy atom. The molecule has 0 saturated heterocycles. The third-order valence-corrected chi connectivity index (χ3v) is 3.32. The molecule has 0 spiro atoms. The predicted octanol–water partition coefficient (Wildman–Crippen LogP) is 1.86. The SMILES string of the molecule is COc1ccc(CSCCN=C(N)N)cc1Cl. The Morgan fingerprint density at radius 2 is 2.24 bits per heavy atom. The van der Waals surface area contributed by atoms with Crippen molar-refractivity contribution < 1.29 is 4.74 Å². The summed E-state index contributed by atoms with van der Waals surface area (Å²) in [6.45, 7) is 0.636. The van der Waals surface area contributed by atoms with Crippen LogP contribution in [0.15, 0.2) is 23.2 Å². The van der Waals surface area contributed by atoms with Crippen LogP contribution in [-0.4, -0.2) is 25.4 Å². The molecule has 4 N–H and O–H groups in total. The van der Waals surface area contributed by atoms with Crippen LogP contribution in [0.3, 0.4) is 0 Å². The van der Waals surface area contributed by atoms with Gasteiger partial charge in [-0.05, 0) is 17.7 Å². The summed E-state index contributed by atoms with van der Waals surface area (Å²) in [4.78, 5) is 3.91. The highest BCUT2D eigenvalue weighted by Crippen LogP contribution is 2.26. The Labute approximate surface area is 110 Å². The third-order valence-electron chi connectivity index (χ3n) is 2.01. The van der Waals surface area contributed by atoms with E-state index in [-0.39, 0.29) is 5.96 Å². The zero-order chi connectivity index (χ0) is 12.7. The van der Waals surface area contributed by atoms with E-state index in [1.807, 2.05) is 18.2 Å². The van der Waals surface area contributed by atoms with Gasteiger partial charge in [-0.3, -0.25) is 4.99 Å². The first-order valence-corrected chi connectivity index (χ1v) is 6.62. The zero-order valence-corrected chi connectivity index (χ0v) is 11.2. The van der Waals surface area contributed by atoms with E-state index in [1.54, 1.807) is 18.9 Å². The van der Waals surface area contributed by atoms with E-state index < -0.39 is 0 Å². The van der Waals surface area contributed by atoms with Crippen LogP contribution in [0.1, 0.15) is 5.56 Å². The Balaban J connectivity index is 2.37. The predicted molar refractivity (Wildman–Crippen MR) is 74.8 cm³/mol. The number of hydrogen-bond acceptors (Lipinski definition) is 3. The summed E-state index contributed by atoms with van der Waals surface area (Å²) in [6.07, 6.45) is 0. The van der Waals surface area contributed by atoms with Crippen LogP contribution in [0.2, 0.25) is 5.02 Å². The van der Waals surface area contributed by atoms with Gasteiger partial charge >= 0.3 is 0 Å². The van der Waals surface area contributed by atoms with Crippen LogP contribution in [0.5, 0.6) is 5.75 Å². The minimum absolute atomic E-state index is 0.137. The number of guanidine groups is 1. The van der Waals surface area contributed by atoms with Crippen LogP contribution in [0, 0.1) is 0 Å². The van der Waals surface area contributed by atoms with Crippen molar-refractivity contribution in [2.24, 2.45) is 16.5 Å². The standard InChI is InChI=1S/C11H16ClN3OS/c1-16-10-3-2-8(6-9(10)12)7-17-5-4-15-11(13)14/h2-3,6H,4-5,7H2,1H3,(H4,13,14,15). The lowest BCUT2D eigenvalue weighted by Gasteiger charge is -2.05. The zero-order valence-electron chi connectivity index (χ0n) is 9.65. The highest BCUT2D eigenvalue weighted by atomic mass is 35.5. The lowest BCUT2D eigenvalue weighted by atomic mass is 10.2. The molecule has 4 nitrogen and oxygen atoms in total. The molecule has 1 aromatic carbocycles. The summed E-state index contributed by atoms with van der Waals surface area (Å²) in [7, 11) is 1.60. The van der Waals surface area contributed by atoms with E-state index in [0.717, 1.165) is 17.1 Å². The summed E-state index contributed by atoms with van der Waals surface area (Å²) < 4.78 is 5.09. The molecule has 0 heterocycles. The molecule has 1 aromatic rings. The van der Waals surface area contributed by atoms with Crippen molar-refractivity contribution in [1.29, 1.82) is 0 Å². The summed E-state index contributed by atoms with van der Waals surface area (Å²) in [5, 5.41) is 0.634. The second-order valence-electron chi connectivity index (χ2n) is 3.33. The first-order chi connectivity index (χ1) is 8.13. The van der Waals surface area contributed by atoms with Crippen LogP contribution >= 0.6 is 23.4 Å². The van der Waals surface area contributed by atoms with Crippen molar-refractivity contribution in [2.75, 3.05) is 19.4 Å². The molecule has 6 heteroatoms. The second-order valence-corrected chi connectivity index (χ2v) is 4.84. The third kappa shape index (κ3) is 5.19. The quantitative estimate of drug-likeness (QED) is 0.471. The number of halogens is 1. The molecule has 0 amide bonds. The molecule has 94 valence electrons. The van der Waals surface area contributed by atoms with Gasteiger partial charge in [0, 0.05) is 11.5 Å². The Kier molecular flexibility index (Phi) is 6.00. The molecular weight excluding hydrogens is 258 g/mol. The van der Waals surface area contributed by atoms with E-state index in [1.165, 1.54) is 0 Å². The topological polar surface area (TPSA) is 73.6 Å². The van der Waals surface area contributed by atoms with Gasteiger partial charge in [-0.15, -0.1) is 0 Å². The molecule has 0 aromatic heterocycles. The number of ether oxygens (including phenoxy) is 1. The minimum atomic E-state index is 0.137. The van der Waals surface area contributed by atoms with Crippen molar-refractivity contribution in [1.82, 2.24) is 0 Å². The first-order valence-electron chi connectivity index (χ1n) is 5.09. The first kappa shape index (κ1) is 14.0. The highest BCUT2D eigenvalue weighted by Gasteiger charge is 2.01. The molecular formula is C11H16ClN3OS. The number of hydrogen-bond donors (Lipinski definition) is 2. The maximum atomic E-state index is 6.02. The average Bonchev–Trinajstić information content (AvgIpc) is 2.28. The normalized spacial score (nSPS) is 10.0. The molecule has 0 unspecified atom stereocenters. The van der Waals surface area contributed by atoms with Gasteiger partial charge in [0.15, 0.2) is 5.96 Å². The van der Waals surface area contributed by atoms with Crippen molar-refractivity contribution in [3.8, 4) is 5.75 Å². The van der Waals surface area contributed by atoms with Crippen LogP contribution < -0.4 is 16.2 Å². The number of benzene rings is 1. The van der Waals surface area contributed by atoms with Gasteiger partial charge in [-0.2, -0.15) is 11.8 Å². The van der Waals surface area contributed by atoms with Gasteiger partial charge in [0.25, 0.3) is 0 Å². The van der Waals surface area contributed by atoms with E-state index in [4.69, 9.17) is 27.8 Å². The fourth-order valence-electron chi connectivity index (χ4n) is 1.23. The molecule has 0 aliphatic carbocycles. The van der Waals surface area contributed by atoms with E-state index in [2.05, 4.69) is 4.99 Å². The number of nitrogens with two attached hydrogens (primary N) is 2. The monoisotopic (exact) mass is 273 g/mol. The van der Waals surface area contributed by atoms with Gasteiger partial charge < -0.3 is 16.2 Å². The van der Waals surface area contributed by atoms with Gasteiger partial charge in [0.05, 0.1) is 18.7 Å². The van der Waals surface area contributed by atoms with E-state index in [0.29, 0.717) is 17.3 Å². The molecule has 0 atom stereocenters. The van der Waals surface area contributed by atoms with Crippen LogP contribution in [-0.2, 0) is 5.75 Å². The maximum absolute atomic E-state index is 6.02. The Morgan fingerprint density at radius 1 is 1.47 bits per heavy atom. The van der Waals surface area contributed by atoms with Gasteiger partial charge in [-0.1, -0.05) is 17.7 Å². The lowest BCUT2D eigenvalue weighted by molar-refractivity contribution is 0.415. The minimum Gasteiger partial charge on any atom is -0.495 e. The fourth-order valence-corrected chi connectivity index (χ4v) is 2.29. The molecule has 0 aliphatic heterocycles. The number of rotatable bonds is 6. The Hall–Kier alpha value is -1.07. The maximum Gasteiger partial charge on any atom is 0.185 e. The summed E-state index contributed by atoms with van der Waals surface area (Å²) in [6, 6.07) is 5.78. The number of nitrogens with zero attached hydrogens (tertiary/aromatic N) is 1. The lowest BCUT2D eigenvalue weighted by Crippen LogP contribution is -2.23. The average molecular weight is 274 g/mol. The van der Waals surface area contributed by atoms with E-state index >= 15 is 0 Å².